The first-order chi connectivity index (χ1) is 4.35. The lowest BCUT2D eigenvalue weighted by molar-refractivity contribution is -1.09. The van der Waals surface area contributed by atoms with E-state index in [0.717, 1.165) is 0 Å². The molecule has 58 valence electrons. The number of nitrogens with zero attached hydrogens (tertiary/aromatic N) is 1. The third-order valence-corrected chi connectivity index (χ3v) is 2.16. The summed E-state index contributed by atoms with van der Waals surface area (Å²) in [5.74, 6) is 0. The third-order valence-electron chi connectivity index (χ3n) is 2.16. The Balaban J connectivity index is 2.78. The lowest BCUT2D eigenvalue weighted by Crippen LogP contribution is -2.50. The van der Waals surface area contributed by atoms with Crippen LogP contribution >= 0.6 is 0 Å². The van der Waals surface area contributed by atoms with Gasteiger partial charge in [0.2, 0.25) is 5.72 Å². The zero-order valence-electron chi connectivity index (χ0n) is 7.34. The Kier molecular flexibility index (Phi) is 1.58. The molecule has 0 aromatic rings. The maximum absolute atomic E-state index is 5.51. The monoisotopic (exact) mass is 144 g/mol. The van der Waals surface area contributed by atoms with Crippen molar-refractivity contribution < 1.29 is 14.1 Å². The second-order valence-electron chi connectivity index (χ2n) is 3.59. The molecule has 1 rings (SSSR count). The first kappa shape index (κ1) is 8.05. The summed E-state index contributed by atoms with van der Waals surface area (Å²) in [5, 5.41) is 0. The van der Waals surface area contributed by atoms with E-state index in [2.05, 4.69) is 0 Å². The summed E-state index contributed by atoms with van der Waals surface area (Å²) in [6.07, 6.45) is 0. The SMILES string of the molecule is CB1OC(C)(C)[N+](C)(C)O1. The van der Waals surface area contributed by atoms with Crippen LogP contribution < -0.4 is 0 Å². The molecule has 0 bridgehead atoms. The van der Waals surface area contributed by atoms with Gasteiger partial charge in [0.25, 0.3) is 0 Å². The van der Waals surface area contributed by atoms with Crippen LogP contribution in [0.3, 0.4) is 0 Å². The van der Waals surface area contributed by atoms with Crippen LogP contribution in [0.15, 0.2) is 0 Å². The van der Waals surface area contributed by atoms with Crippen molar-refractivity contribution in [1.29, 1.82) is 0 Å². The Morgan fingerprint density at radius 1 is 1.30 bits per heavy atom. The minimum absolute atomic E-state index is 0.0926. The molecule has 1 fully saturated rings. The van der Waals surface area contributed by atoms with Gasteiger partial charge >= 0.3 is 7.12 Å². The highest BCUT2D eigenvalue weighted by Crippen LogP contribution is 2.30. The van der Waals surface area contributed by atoms with Crippen molar-refractivity contribution in [2.75, 3.05) is 14.1 Å². The first-order valence-electron chi connectivity index (χ1n) is 3.55. The van der Waals surface area contributed by atoms with E-state index in [9.17, 15) is 0 Å². The van der Waals surface area contributed by atoms with Crippen molar-refractivity contribution in [2.24, 2.45) is 0 Å². The van der Waals surface area contributed by atoms with Crippen molar-refractivity contribution in [3.05, 3.63) is 0 Å². The van der Waals surface area contributed by atoms with Crippen LogP contribution in [0, 0.1) is 0 Å². The normalized spacial score (nSPS) is 29.1. The molecule has 0 spiro atoms. The summed E-state index contributed by atoms with van der Waals surface area (Å²) >= 11 is 0. The van der Waals surface area contributed by atoms with E-state index in [4.69, 9.17) is 9.41 Å². The molecule has 10 heavy (non-hydrogen) atoms. The fraction of sp³-hybridized carbons (Fsp3) is 1.00. The van der Waals surface area contributed by atoms with Crippen LogP contribution in [0.25, 0.3) is 0 Å². The minimum atomic E-state index is -0.223. The quantitative estimate of drug-likeness (QED) is 0.371. The van der Waals surface area contributed by atoms with Gasteiger partial charge in [0.05, 0.1) is 14.1 Å². The van der Waals surface area contributed by atoms with Gasteiger partial charge in [-0.1, -0.05) is 0 Å². The molecule has 4 heteroatoms. The molecule has 0 aromatic carbocycles. The smallest absolute Gasteiger partial charge is 0.353 e. The molecule has 1 saturated heterocycles. The van der Waals surface area contributed by atoms with E-state index in [0.29, 0.717) is 4.65 Å². The summed E-state index contributed by atoms with van der Waals surface area (Å²) in [6, 6.07) is 0. The fourth-order valence-electron chi connectivity index (χ4n) is 1.05. The van der Waals surface area contributed by atoms with E-state index in [1.54, 1.807) is 0 Å². The van der Waals surface area contributed by atoms with Gasteiger partial charge in [0, 0.05) is 13.8 Å². The molecule has 0 unspecified atom stereocenters. The number of quaternary nitrogens is 1. The molecule has 3 nitrogen and oxygen atoms in total. The van der Waals surface area contributed by atoms with E-state index >= 15 is 0 Å². The predicted molar refractivity (Wildman–Crippen MR) is 40.0 cm³/mol. The summed E-state index contributed by atoms with van der Waals surface area (Å²) in [6.45, 7) is 5.96. The molecule has 0 atom stereocenters. The Morgan fingerprint density at radius 3 is 1.90 bits per heavy atom. The van der Waals surface area contributed by atoms with Gasteiger partial charge < -0.3 is 4.65 Å². The summed E-state index contributed by atoms with van der Waals surface area (Å²) in [4.78, 5) is 0. The van der Waals surface area contributed by atoms with E-state index < -0.39 is 0 Å². The first-order valence-corrected chi connectivity index (χ1v) is 3.55. The molecule has 1 aliphatic heterocycles. The number of hydrogen-bond acceptors (Lipinski definition) is 2. The fourth-order valence-corrected chi connectivity index (χ4v) is 1.05. The van der Waals surface area contributed by atoms with Gasteiger partial charge in [-0.3, -0.25) is 0 Å². The number of hydroxylamine groups is 3. The largest absolute Gasteiger partial charge is 0.526 e. The van der Waals surface area contributed by atoms with Gasteiger partial charge in [-0.15, -0.1) is 0 Å². The zero-order valence-corrected chi connectivity index (χ0v) is 7.34. The lowest BCUT2D eigenvalue weighted by atomic mass is 9.96. The van der Waals surface area contributed by atoms with E-state index in [1.165, 1.54) is 0 Å². The van der Waals surface area contributed by atoms with Gasteiger partial charge in [-0.2, -0.15) is 4.65 Å². The van der Waals surface area contributed by atoms with Crippen molar-refractivity contribution in [1.82, 2.24) is 0 Å². The molecule has 1 aliphatic rings. The molecule has 0 amide bonds. The third kappa shape index (κ3) is 1.07. The van der Waals surface area contributed by atoms with Gasteiger partial charge in [0.15, 0.2) is 0 Å². The predicted octanol–water partition coefficient (Wildman–Crippen LogP) is 0.879. The lowest BCUT2D eigenvalue weighted by Gasteiger charge is -2.32. The Morgan fingerprint density at radius 2 is 1.80 bits per heavy atom. The van der Waals surface area contributed by atoms with Gasteiger partial charge in [-0.05, 0) is 6.82 Å². The van der Waals surface area contributed by atoms with Crippen LogP contribution in [0.1, 0.15) is 13.8 Å². The van der Waals surface area contributed by atoms with Gasteiger partial charge in [-0.25, -0.2) is 4.76 Å². The summed E-state index contributed by atoms with van der Waals surface area (Å²) < 4.78 is 11.5. The van der Waals surface area contributed by atoms with Crippen LogP contribution in [0.5, 0.6) is 0 Å². The summed E-state index contributed by atoms with van der Waals surface area (Å²) in [7, 11) is 3.89. The van der Waals surface area contributed by atoms with Gasteiger partial charge in [0.1, 0.15) is 0 Å². The van der Waals surface area contributed by atoms with Crippen LogP contribution in [0.2, 0.25) is 6.82 Å². The molecule has 0 aliphatic carbocycles. The molecule has 0 N–H and O–H groups in total. The Bertz CT molecular complexity index is 131. The Labute approximate surface area is 62.6 Å². The standard InChI is InChI=1S/C6H15BNO2/c1-6(2)8(4,5)10-7(3)9-6/h1-5H3/q+1. The maximum atomic E-state index is 5.51. The molecule has 0 radical (unpaired) electrons. The molecule has 1 heterocycles. The highest BCUT2D eigenvalue weighted by atomic mass is 16.8. The molecule has 0 saturated carbocycles. The maximum Gasteiger partial charge on any atom is 0.526 e. The van der Waals surface area contributed by atoms with E-state index in [-0.39, 0.29) is 12.8 Å². The van der Waals surface area contributed by atoms with Crippen molar-refractivity contribution in [3.8, 4) is 0 Å². The number of rotatable bonds is 0. The highest BCUT2D eigenvalue weighted by molar-refractivity contribution is 6.42. The average Bonchev–Trinajstić information content (AvgIpc) is 1.73. The highest BCUT2D eigenvalue weighted by Gasteiger charge is 2.51. The second-order valence-corrected chi connectivity index (χ2v) is 3.59. The number of hydrogen-bond donors (Lipinski definition) is 0. The van der Waals surface area contributed by atoms with Crippen LogP contribution in [-0.2, 0) is 9.41 Å². The molecule has 0 aromatic heterocycles. The van der Waals surface area contributed by atoms with Crippen LogP contribution in [-0.4, -0.2) is 31.6 Å². The van der Waals surface area contributed by atoms with E-state index in [1.807, 2.05) is 34.8 Å². The van der Waals surface area contributed by atoms with Crippen molar-refractivity contribution in [2.45, 2.75) is 26.4 Å². The molecular formula is C6H15BNO2+. The van der Waals surface area contributed by atoms with Crippen molar-refractivity contribution in [3.63, 3.8) is 0 Å². The average molecular weight is 144 g/mol. The Hall–Kier alpha value is -0.0551. The second kappa shape index (κ2) is 1.97. The van der Waals surface area contributed by atoms with Crippen LogP contribution in [0.4, 0.5) is 0 Å². The minimum Gasteiger partial charge on any atom is -0.353 e. The molecular weight excluding hydrogens is 129 g/mol. The summed E-state index contributed by atoms with van der Waals surface area (Å²) in [5.41, 5.74) is -0.223. The topological polar surface area (TPSA) is 18.5 Å². The zero-order chi connectivity index (χ0) is 7.99. The van der Waals surface area contributed by atoms with Crippen molar-refractivity contribution >= 4 is 7.12 Å².